The minimum absolute atomic E-state index is 0.309. The van der Waals surface area contributed by atoms with E-state index in [-0.39, 0.29) is 0 Å². The van der Waals surface area contributed by atoms with E-state index in [2.05, 4.69) is 28.5 Å². The van der Waals surface area contributed by atoms with Gasteiger partial charge in [0.15, 0.2) is 0 Å². The molecular weight excluding hydrogens is 222 g/mol. The first-order valence-corrected chi connectivity index (χ1v) is 5.94. The molecule has 0 bridgehead atoms. The lowest BCUT2D eigenvalue weighted by molar-refractivity contribution is 0.580. The Labute approximate surface area is 100 Å². The van der Waals surface area contributed by atoms with E-state index in [9.17, 15) is 0 Å². The van der Waals surface area contributed by atoms with Crippen molar-refractivity contribution in [2.45, 2.75) is 12.5 Å². The van der Waals surface area contributed by atoms with Crippen molar-refractivity contribution < 1.29 is 0 Å². The second-order valence-corrected chi connectivity index (χ2v) is 4.30. The Kier molecular flexibility index (Phi) is 3.46. The molecule has 0 amide bonds. The topological polar surface area (TPSA) is 29.9 Å². The van der Waals surface area contributed by atoms with Crippen LogP contribution in [0.15, 0.2) is 24.5 Å². The summed E-state index contributed by atoms with van der Waals surface area (Å²) in [5.41, 5.74) is 3.44. The van der Waals surface area contributed by atoms with Gasteiger partial charge in [0, 0.05) is 19.0 Å². The highest BCUT2D eigenvalue weighted by Crippen LogP contribution is 2.21. The Morgan fingerprint density at radius 3 is 3.00 bits per heavy atom. The predicted octanol–water partition coefficient (Wildman–Crippen LogP) is 2.46. The maximum Gasteiger partial charge on any atom is 0.0955 e. The summed E-state index contributed by atoms with van der Waals surface area (Å²) < 4.78 is 2.02. The van der Waals surface area contributed by atoms with Crippen LogP contribution >= 0.6 is 11.6 Å². The Balaban J connectivity index is 2.37. The van der Waals surface area contributed by atoms with Crippen LogP contribution < -0.4 is 5.32 Å². The molecule has 1 unspecified atom stereocenters. The van der Waals surface area contributed by atoms with Gasteiger partial charge in [0.1, 0.15) is 0 Å². The molecule has 1 atom stereocenters. The molecule has 0 aliphatic carbocycles. The highest BCUT2D eigenvalue weighted by Gasteiger charge is 2.10. The molecule has 0 spiro atoms. The molecule has 0 aliphatic heterocycles. The van der Waals surface area contributed by atoms with Crippen LogP contribution in [-0.4, -0.2) is 22.5 Å². The fraction of sp³-hybridized carbons (Fsp3) is 0.417. The van der Waals surface area contributed by atoms with Crippen LogP contribution in [0.3, 0.4) is 0 Å². The molecular formula is C12H16ClN3. The number of nitrogens with one attached hydrogen (secondary N) is 1. The zero-order valence-corrected chi connectivity index (χ0v) is 10.3. The van der Waals surface area contributed by atoms with Crippen molar-refractivity contribution in [1.82, 2.24) is 14.9 Å². The van der Waals surface area contributed by atoms with E-state index in [0.717, 1.165) is 17.5 Å². The van der Waals surface area contributed by atoms with Crippen LogP contribution in [0.4, 0.5) is 0 Å². The molecule has 0 fully saturated rings. The third-order valence-corrected chi connectivity index (χ3v) is 3.12. The first-order chi connectivity index (χ1) is 7.76. The number of rotatable bonds is 4. The van der Waals surface area contributed by atoms with Crippen molar-refractivity contribution in [3.05, 3.63) is 30.1 Å². The minimum atomic E-state index is 0.309. The maximum absolute atomic E-state index is 5.79. The van der Waals surface area contributed by atoms with Crippen LogP contribution in [0.5, 0.6) is 0 Å². The zero-order valence-electron chi connectivity index (χ0n) is 9.57. The Morgan fingerprint density at radius 2 is 2.31 bits per heavy atom. The number of halogens is 1. The molecule has 1 N–H and O–H groups in total. The van der Waals surface area contributed by atoms with Gasteiger partial charge in [0.25, 0.3) is 0 Å². The number of fused-ring (bicyclic) bond motifs is 1. The van der Waals surface area contributed by atoms with Crippen LogP contribution in [0.1, 0.15) is 18.0 Å². The van der Waals surface area contributed by atoms with Gasteiger partial charge in [-0.3, -0.25) is 0 Å². The van der Waals surface area contributed by atoms with Crippen molar-refractivity contribution in [3.8, 4) is 0 Å². The summed E-state index contributed by atoms with van der Waals surface area (Å²) >= 11 is 5.79. The summed E-state index contributed by atoms with van der Waals surface area (Å²) in [4.78, 5) is 4.36. The number of benzene rings is 1. The monoisotopic (exact) mass is 237 g/mol. The third kappa shape index (κ3) is 2.06. The van der Waals surface area contributed by atoms with Crippen molar-refractivity contribution >= 4 is 22.6 Å². The lowest BCUT2D eigenvalue weighted by Gasteiger charge is -2.15. The minimum Gasteiger partial charge on any atom is -0.334 e. The van der Waals surface area contributed by atoms with E-state index < -0.39 is 0 Å². The number of imidazole rings is 1. The molecule has 3 nitrogen and oxygen atoms in total. The Morgan fingerprint density at radius 1 is 1.50 bits per heavy atom. The van der Waals surface area contributed by atoms with Crippen molar-refractivity contribution in [2.24, 2.45) is 7.05 Å². The van der Waals surface area contributed by atoms with Crippen LogP contribution in [0.2, 0.25) is 0 Å². The molecule has 2 aromatic rings. The second kappa shape index (κ2) is 4.85. The lowest BCUT2D eigenvalue weighted by Crippen LogP contribution is -2.16. The second-order valence-electron chi connectivity index (χ2n) is 3.92. The summed E-state index contributed by atoms with van der Waals surface area (Å²) in [6, 6.07) is 6.68. The summed E-state index contributed by atoms with van der Waals surface area (Å²) in [5.74, 6) is 0.658. The molecule has 0 aliphatic rings. The van der Waals surface area contributed by atoms with Crippen LogP contribution in [-0.2, 0) is 7.05 Å². The standard InChI is InChI=1S/C12H16ClN3/c1-14-10(5-6-13)9-3-4-12-11(7-9)15-8-16(12)2/h3-4,7-8,10,14H,5-6H2,1-2H3. The van der Waals surface area contributed by atoms with Gasteiger partial charge >= 0.3 is 0 Å². The first-order valence-electron chi connectivity index (χ1n) is 5.40. The van der Waals surface area contributed by atoms with Gasteiger partial charge in [0.2, 0.25) is 0 Å². The van der Waals surface area contributed by atoms with Gasteiger partial charge in [-0.2, -0.15) is 0 Å². The van der Waals surface area contributed by atoms with E-state index in [4.69, 9.17) is 11.6 Å². The maximum atomic E-state index is 5.79. The molecule has 0 saturated heterocycles. The molecule has 16 heavy (non-hydrogen) atoms. The molecule has 0 radical (unpaired) electrons. The van der Waals surface area contributed by atoms with Gasteiger partial charge in [-0.25, -0.2) is 4.98 Å². The van der Waals surface area contributed by atoms with Crippen molar-refractivity contribution in [2.75, 3.05) is 12.9 Å². The number of aromatic nitrogens is 2. The van der Waals surface area contributed by atoms with Crippen LogP contribution in [0.25, 0.3) is 11.0 Å². The fourth-order valence-electron chi connectivity index (χ4n) is 1.96. The summed E-state index contributed by atoms with van der Waals surface area (Å²) in [5, 5.41) is 3.27. The Hall–Kier alpha value is -1.06. The molecule has 0 saturated carbocycles. The molecule has 1 heterocycles. The van der Waals surface area contributed by atoms with Crippen LogP contribution in [0, 0.1) is 0 Å². The van der Waals surface area contributed by atoms with E-state index in [1.807, 2.05) is 25.0 Å². The molecule has 1 aromatic heterocycles. The summed E-state index contributed by atoms with van der Waals surface area (Å²) in [6.07, 6.45) is 2.76. The van der Waals surface area contributed by atoms with Gasteiger partial charge in [-0.15, -0.1) is 11.6 Å². The predicted molar refractivity (Wildman–Crippen MR) is 67.9 cm³/mol. The van der Waals surface area contributed by atoms with E-state index in [1.165, 1.54) is 5.56 Å². The average Bonchev–Trinajstić information content (AvgIpc) is 2.67. The van der Waals surface area contributed by atoms with Gasteiger partial charge in [-0.05, 0) is 31.2 Å². The number of nitrogens with zero attached hydrogens (tertiary/aromatic N) is 2. The normalized spacial score (nSPS) is 13.2. The van der Waals surface area contributed by atoms with Gasteiger partial charge in [-0.1, -0.05) is 6.07 Å². The third-order valence-electron chi connectivity index (χ3n) is 2.90. The smallest absolute Gasteiger partial charge is 0.0955 e. The number of hydrogen-bond acceptors (Lipinski definition) is 2. The summed E-state index contributed by atoms with van der Waals surface area (Å²) in [7, 11) is 3.96. The molecule has 4 heteroatoms. The van der Waals surface area contributed by atoms with Gasteiger partial charge < -0.3 is 9.88 Å². The van der Waals surface area contributed by atoms with Gasteiger partial charge in [0.05, 0.1) is 17.4 Å². The quantitative estimate of drug-likeness (QED) is 0.828. The molecule has 86 valence electrons. The van der Waals surface area contributed by atoms with E-state index in [0.29, 0.717) is 11.9 Å². The van der Waals surface area contributed by atoms with Crippen molar-refractivity contribution in [1.29, 1.82) is 0 Å². The summed E-state index contributed by atoms with van der Waals surface area (Å²) in [6.45, 7) is 0. The highest BCUT2D eigenvalue weighted by atomic mass is 35.5. The fourth-order valence-corrected chi connectivity index (χ4v) is 2.17. The zero-order chi connectivity index (χ0) is 11.5. The number of aryl methyl sites for hydroxylation is 1. The number of alkyl halides is 1. The van der Waals surface area contributed by atoms with E-state index in [1.54, 1.807) is 0 Å². The Bertz CT molecular complexity index is 478. The number of hydrogen-bond donors (Lipinski definition) is 1. The largest absolute Gasteiger partial charge is 0.334 e. The SMILES string of the molecule is CNC(CCCl)c1ccc2c(c1)ncn2C. The lowest BCUT2D eigenvalue weighted by atomic mass is 10.0. The average molecular weight is 238 g/mol. The first kappa shape index (κ1) is 11.4. The van der Waals surface area contributed by atoms with E-state index >= 15 is 0 Å². The molecule has 2 rings (SSSR count). The van der Waals surface area contributed by atoms with Crippen molar-refractivity contribution in [3.63, 3.8) is 0 Å². The molecule has 1 aromatic carbocycles. The highest BCUT2D eigenvalue weighted by molar-refractivity contribution is 6.17.